The minimum Gasteiger partial charge on any atom is -0.354 e. The summed E-state index contributed by atoms with van der Waals surface area (Å²) in [4.78, 5) is 27.6. The largest absolute Gasteiger partial charge is 0.354 e. The van der Waals surface area contributed by atoms with Gasteiger partial charge in [0.1, 0.15) is 11.9 Å². The van der Waals surface area contributed by atoms with Crippen molar-refractivity contribution in [3.8, 4) is 0 Å². The topological polar surface area (TPSA) is 83.1 Å². The molecule has 2 heterocycles. The van der Waals surface area contributed by atoms with Gasteiger partial charge in [0.05, 0.1) is 0 Å². The van der Waals surface area contributed by atoms with E-state index in [1.54, 1.807) is 12.3 Å². The highest BCUT2D eigenvalue weighted by Gasteiger charge is 2.22. The summed E-state index contributed by atoms with van der Waals surface area (Å²) in [7, 11) is 0. The fraction of sp³-hybridized carbons (Fsp3) is 0.462. The Bertz CT molecular complexity index is 475. The molecule has 0 aromatic carbocycles. The Morgan fingerprint density at radius 3 is 3.11 bits per heavy atom. The molecule has 2 rings (SSSR count). The van der Waals surface area contributed by atoms with E-state index in [-0.39, 0.29) is 5.91 Å². The number of aromatic nitrogens is 1. The Kier molecular flexibility index (Phi) is 4.33. The summed E-state index contributed by atoms with van der Waals surface area (Å²) in [5, 5.41) is 8.12. The van der Waals surface area contributed by atoms with Gasteiger partial charge in [0.2, 0.25) is 5.91 Å². The Hall–Kier alpha value is -2.11. The second-order valence-corrected chi connectivity index (χ2v) is 4.61. The summed E-state index contributed by atoms with van der Waals surface area (Å²) in [6.45, 7) is 2.54. The van der Waals surface area contributed by atoms with Crippen LogP contribution in [0.15, 0.2) is 18.3 Å². The van der Waals surface area contributed by atoms with Crippen LogP contribution in [0.4, 0.5) is 10.6 Å². The maximum absolute atomic E-state index is 11.8. The van der Waals surface area contributed by atoms with E-state index in [2.05, 4.69) is 20.9 Å². The van der Waals surface area contributed by atoms with E-state index >= 15 is 0 Å². The van der Waals surface area contributed by atoms with E-state index in [1.165, 1.54) is 0 Å². The molecular formula is C13H18N4O2. The second-order valence-electron chi connectivity index (χ2n) is 4.61. The fourth-order valence-corrected chi connectivity index (χ4v) is 2.00. The van der Waals surface area contributed by atoms with Gasteiger partial charge in [0.15, 0.2) is 0 Å². The van der Waals surface area contributed by atoms with Crippen LogP contribution in [-0.4, -0.2) is 29.5 Å². The van der Waals surface area contributed by atoms with Crippen LogP contribution in [0, 0.1) is 6.92 Å². The molecule has 1 aromatic heterocycles. The number of carbonyl (C=O) groups is 2. The van der Waals surface area contributed by atoms with Crippen molar-refractivity contribution in [1.82, 2.24) is 15.6 Å². The van der Waals surface area contributed by atoms with Gasteiger partial charge in [-0.15, -0.1) is 0 Å². The van der Waals surface area contributed by atoms with Crippen molar-refractivity contribution in [3.63, 3.8) is 0 Å². The summed E-state index contributed by atoms with van der Waals surface area (Å²) in [6, 6.07) is 2.80. The minimum atomic E-state index is -0.466. The van der Waals surface area contributed by atoms with Gasteiger partial charge in [-0.3, -0.25) is 10.1 Å². The number of urea groups is 1. The molecule has 0 saturated carbocycles. The number of carbonyl (C=O) groups excluding carboxylic acids is 2. The van der Waals surface area contributed by atoms with Crippen molar-refractivity contribution in [2.45, 2.75) is 32.2 Å². The molecule has 0 spiro atoms. The van der Waals surface area contributed by atoms with Gasteiger partial charge in [-0.1, -0.05) is 6.07 Å². The van der Waals surface area contributed by atoms with Crippen LogP contribution in [0.5, 0.6) is 0 Å². The molecular weight excluding hydrogens is 244 g/mol. The highest BCUT2D eigenvalue weighted by Crippen LogP contribution is 2.10. The van der Waals surface area contributed by atoms with Gasteiger partial charge in [-0.2, -0.15) is 0 Å². The zero-order chi connectivity index (χ0) is 13.7. The summed E-state index contributed by atoms with van der Waals surface area (Å²) in [5.41, 5.74) is 0.878. The molecule has 0 aliphatic carbocycles. The third-order valence-corrected chi connectivity index (χ3v) is 3.08. The molecule has 1 saturated heterocycles. The number of amides is 3. The number of anilines is 1. The number of pyridine rings is 1. The average Bonchev–Trinajstić information content (AvgIpc) is 2.58. The Morgan fingerprint density at radius 2 is 2.32 bits per heavy atom. The summed E-state index contributed by atoms with van der Waals surface area (Å²) < 4.78 is 0. The number of nitrogens with one attached hydrogen (secondary N) is 3. The van der Waals surface area contributed by atoms with Crippen molar-refractivity contribution < 1.29 is 9.59 Å². The molecule has 19 heavy (non-hydrogen) atoms. The van der Waals surface area contributed by atoms with Crippen molar-refractivity contribution in [3.05, 3.63) is 23.9 Å². The minimum absolute atomic E-state index is 0.120. The van der Waals surface area contributed by atoms with E-state index in [9.17, 15) is 9.59 Å². The van der Waals surface area contributed by atoms with Gasteiger partial charge < -0.3 is 10.6 Å². The third kappa shape index (κ3) is 3.67. The van der Waals surface area contributed by atoms with Crippen LogP contribution in [-0.2, 0) is 4.79 Å². The van der Waals surface area contributed by atoms with E-state index in [4.69, 9.17) is 0 Å². The number of aryl methyl sites for hydroxylation is 1. The lowest BCUT2D eigenvalue weighted by atomic mass is 10.1. The number of hydrogen-bond donors (Lipinski definition) is 3. The molecule has 6 nitrogen and oxygen atoms in total. The number of nitrogens with zero attached hydrogens (tertiary/aromatic N) is 1. The van der Waals surface area contributed by atoms with Gasteiger partial charge >= 0.3 is 6.03 Å². The number of hydrogen-bond acceptors (Lipinski definition) is 3. The Morgan fingerprint density at radius 1 is 1.47 bits per heavy atom. The van der Waals surface area contributed by atoms with Crippen LogP contribution >= 0.6 is 0 Å². The molecule has 102 valence electrons. The van der Waals surface area contributed by atoms with E-state index in [0.717, 1.165) is 18.4 Å². The maximum Gasteiger partial charge on any atom is 0.321 e. The molecule has 1 atom stereocenters. The molecule has 3 amide bonds. The highest BCUT2D eigenvalue weighted by molar-refractivity contribution is 5.93. The zero-order valence-corrected chi connectivity index (χ0v) is 10.9. The van der Waals surface area contributed by atoms with Crippen LogP contribution in [0.3, 0.4) is 0 Å². The monoisotopic (exact) mass is 262 g/mol. The van der Waals surface area contributed by atoms with Crippen LogP contribution in [0.1, 0.15) is 24.8 Å². The SMILES string of the molecule is Cc1cccnc1NC(=O)NC1CCCCNC1=O. The summed E-state index contributed by atoms with van der Waals surface area (Å²) >= 11 is 0. The van der Waals surface area contributed by atoms with Crippen LogP contribution in [0.25, 0.3) is 0 Å². The third-order valence-electron chi connectivity index (χ3n) is 3.08. The standard InChI is InChI=1S/C13H18N4O2/c1-9-5-4-8-14-11(9)17-13(19)16-10-6-2-3-7-15-12(10)18/h4-5,8,10H,2-3,6-7H2,1H3,(H,15,18)(H2,14,16,17,19). The van der Waals surface area contributed by atoms with Crippen molar-refractivity contribution in [2.75, 3.05) is 11.9 Å². The number of rotatable bonds is 2. The molecule has 6 heteroatoms. The summed E-state index contributed by atoms with van der Waals surface area (Å²) in [6.07, 6.45) is 4.15. The first kappa shape index (κ1) is 13.3. The average molecular weight is 262 g/mol. The molecule has 1 unspecified atom stereocenters. The first-order valence-corrected chi connectivity index (χ1v) is 6.43. The lowest BCUT2D eigenvalue weighted by Crippen LogP contribution is -2.47. The lowest BCUT2D eigenvalue weighted by molar-refractivity contribution is -0.122. The maximum atomic E-state index is 11.8. The highest BCUT2D eigenvalue weighted by atomic mass is 16.2. The van der Waals surface area contributed by atoms with Gasteiger partial charge in [-0.05, 0) is 37.8 Å². The van der Waals surface area contributed by atoms with Crippen molar-refractivity contribution >= 4 is 17.8 Å². The first-order valence-electron chi connectivity index (χ1n) is 6.43. The Balaban J connectivity index is 1.93. The van der Waals surface area contributed by atoms with Gasteiger partial charge in [-0.25, -0.2) is 9.78 Å². The first-order chi connectivity index (χ1) is 9.16. The normalized spacial score (nSPS) is 19.2. The quantitative estimate of drug-likeness (QED) is 0.748. The molecule has 1 aliphatic rings. The molecule has 1 aliphatic heterocycles. The van der Waals surface area contributed by atoms with Crippen LogP contribution in [0.2, 0.25) is 0 Å². The van der Waals surface area contributed by atoms with E-state index in [1.807, 2.05) is 13.0 Å². The van der Waals surface area contributed by atoms with E-state index in [0.29, 0.717) is 18.8 Å². The molecule has 1 fully saturated rings. The fourth-order valence-electron chi connectivity index (χ4n) is 2.00. The Labute approximate surface area is 112 Å². The van der Waals surface area contributed by atoms with Gasteiger partial charge in [0, 0.05) is 12.7 Å². The molecule has 3 N–H and O–H groups in total. The molecule has 1 aromatic rings. The second kappa shape index (κ2) is 6.17. The smallest absolute Gasteiger partial charge is 0.321 e. The predicted octanol–water partition coefficient (Wildman–Crippen LogP) is 1.18. The van der Waals surface area contributed by atoms with Crippen molar-refractivity contribution in [2.24, 2.45) is 0 Å². The van der Waals surface area contributed by atoms with E-state index < -0.39 is 12.1 Å². The summed E-state index contributed by atoms with van der Waals surface area (Å²) in [5.74, 6) is 0.388. The van der Waals surface area contributed by atoms with Crippen molar-refractivity contribution in [1.29, 1.82) is 0 Å². The molecule has 0 radical (unpaired) electrons. The predicted molar refractivity (Wildman–Crippen MR) is 71.8 cm³/mol. The molecule has 0 bridgehead atoms. The lowest BCUT2D eigenvalue weighted by Gasteiger charge is -2.16. The van der Waals surface area contributed by atoms with Crippen LogP contribution < -0.4 is 16.0 Å². The van der Waals surface area contributed by atoms with Gasteiger partial charge in [0.25, 0.3) is 0 Å². The zero-order valence-electron chi connectivity index (χ0n) is 10.9.